The second-order valence-electron chi connectivity index (χ2n) is 7.23. The highest BCUT2D eigenvalue weighted by Gasteiger charge is 2.40. The Hall–Kier alpha value is -1.69. The van der Waals surface area contributed by atoms with Crippen LogP contribution in [-0.2, 0) is 23.0 Å². The van der Waals surface area contributed by atoms with E-state index in [-0.39, 0.29) is 0 Å². The van der Waals surface area contributed by atoms with E-state index in [0.717, 1.165) is 30.6 Å². The molecule has 0 bridgehead atoms. The number of rotatable bonds is 3. The van der Waals surface area contributed by atoms with Crippen LogP contribution < -0.4 is 0 Å². The molecule has 0 saturated carbocycles. The lowest BCUT2D eigenvalue weighted by molar-refractivity contribution is 0.0768. The van der Waals surface area contributed by atoms with Crippen molar-refractivity contribution in [2.75, 3.05) is 19.6 Å². The molecular weight excluding hydrogens is 332 g/mol. The van der Waals surface area contributed by atoms with E-state index in [1.165, 1.54) is 11.1 Å². The fraction of sp³-hybridized carbons (Fsp3) is 0.400. The van der Waals surface area contributed by atoms with Crippen LogP contribution in [0.2, 0.25) is 0 Å². The van der Waals surface area contributed by atoms with Crippen LogP contribution >= 0.6 is 0 Å². The van der Waals surface area contributed by atoms with E-state index in [2.05, 4.69) is 29.2 Å². The fourth-order valence-corrected chi connectivity index (χ4v) is 5.62. The third-order valence-electron chi connectivity index (χ3n) is 5.47. The summed E-state index contributed by atoms with van der Waals surface area (Å²) in [4.78, 5) is 2.88. The molecule has 0 N–H and O–H groups in total. The van der Waals surface area contributed by atoms with Crippen LogP contribution in [0, 0.1) is 13.8 Å². The van der Waals surface area contributed by atoms with E-state index in [1.807, 2.05) is 26.0 Å². The molecule has 2 aliphatic heterocycles. The zero-order valence-corrected chi connectivity index (χ0v) is 15.6. The SMILES string of the molecule is Cc1ccc(C)c(S(=O)(=O)N2CC(N3CCc4ccccc4C3)C2)c1. The predicted octanol–water partition coefficient (Wildman–Crippen LogP) is 2.73. The van der Waals surface area contributed by atoms with Gasteiger partial charge in [-0.3, -0.25) is 4.90 Å². The van der Waals surface area contributed by atoms with Gasteiger partial charge < -0.3 is 0 Å². The molecule has 0 atom stereocenters. The average Bonchev–Trinajstić information content (AvgIpc) is 2.55. The minimum atomic E-state index is -3.38. The quantitative estimate of drug-likeness (QED) is 0.849. The zero-order chi connectivity index (χ0) is 17.6. The molecule has 0 spiro atoms. The molecule has 0 aliphatic carbocycles. The Bertz CT molecular complexity index is 902. The molecular formula is C20H24N2O2S. The molecule has 25 heavy (non-hydrogen) atoms. The molecule has 0 amide bonds. The van der Waals surface area contributed by atoms with Crippen molar-refractivity contribution in [3.8, 4) is 0 Å². The average molecular weight is 356 g/mol. The van der Waals surface area contributed by atoms with Crippen molar-refractivity contribution >= 4 is 10.0 Å². The van der Waals surface area contributed by atoms with Gasteiger partial charge in [-0.1, -0.05) is 36.4 Å². The van der Waals surface area contributed by atoms with E-state index < -0.39 is 10.0 Å². The first kappa shape index (κ1) is 16.8. The Labute approximate surface area is 150 Å². The largest absolute Gasteiger partial charge is 0.293 e. The summed E-state index contributed by atoms with van der Waals surface area (Å²) >= 11 is 0. The Morgan fingerprint density at radius 3 is 2.48 bits per heavy atom. The standard InChI is InChI=1S/C20H24N2O2S/c1-15-7-8-16(2)20(11-15)25(23,24)22-13-19(14-22)21-10-9-17-5-3-4-6-18(17)12-21/h3-8,11,19H,9-10,12-14H2,1-2H3. The van der Waals surface area contributed by atoms with Gasteiger partial charge in [-0.25, -0.2) is 8.42 Å². The number of hydrogen-bond donors (Lipinski definition) is 0. The van der Waals surface area contributed by atoms with Crippen LogP contribution in [0.1, 0.15) is 22.3 Å². The molecule has 5 heteroatoms. The molecule has 1 fully saturated rings. The number of benzene rings is 2. The lowest BCUT2D eigenvalue weighted by Crippen LogP contribution is -2.61. The smallest absolute Gasteiger partial charge is 0.243 e. The van der Waals surface area contributed by atoms with Crippen LogP contribution in [0.5, 0.6) is 0 Å². The normalized spacial score (nSPS) is 19.4. The predicted molar refractivity (Wildman–Crippen MR) is 99.0 cm³/mol. The number of fused-ring (bicyclic) bond motifs is 1. The van der Waals surface area contributed by atoms with Crippen LogP contribution in [0.25, 0.3) is 0 Å². The first-order valence-electron chi connectivity index (χ1n) is 8.83. The van der Waals surface area contributed by atoms with Crippen molar-refractivity contribution in [3.63, 3.8) is 0 Å². The summed E-state index contributed by atoms with van der Waals surface area (Å²) < 4.78 is 27.5. The second-order valence-corrected chi connectivity index (χ2v) is 9.14. The lowest BCUT2D eigenvalue weighted by atomic mass is 9.97. The van der Waals surface area contributed by atoms with Crippen molar-refractivity contribution in [1.29, 1.82) is 0 Å². The molecule has 0 radical (unpaired) electrons. The Morgan fingerprint density at radius 1 is 1.00 bits per heavy atom. The molecule has 2 aliphatic rings. The fourth-order valence-electron chi connectivity index (χ4n) is 3.80. The monoisotopic (exact) mass is 356 g/mol. The van der Waals surface area contributed by atoms with Gasteiger partial charge in [0.1, 0.15) is 0 Å². The topological polar surface area (TPSA) is 40.6 Å². The molecule has 0 unspecified atom stereocenters. The summed E-state index contributed by atoms with van der Waals surface area (Å²) in [5, 5.41) is 0. The van der Waals surface area contributed by atoms with Crippen molar-refractivity contribution in [2.24, 2.45) is 0 Å². The maximum atomic E-state index is 12.9. The van der Waals surface area contributed by atoms with Gasteiger partial charge in [0.2, 0.25) is 10.0 Å². The summed E-state index contributed by atoms with van der Waals surface area (Å²) in [6, 6.07) is 14.5. The number of hydrogen-bond acceptors (Lipinski definition) is 3. The van der Waals surface area contributed by atoms with Gasteiger partial charge in [-0.2, -0.15) is 4.31 Å². The first-order valence-corrected chi connectivity index (χ1v) is 10.3. The van der Waals surface area contributed by atoms with Crippen molar-refractivity contribution in [1.82, 2.24) is 9.21 Å². The minimum Gasteiger partial charge on any atom is -0.293 e. The van der Waals surface area contributed by atoms with Gasteiger partial charge >= 0.3 is 0 Å². The van der Waals surface area contributed by atoms with Crippen molar-refractivity contribution in [3.05, 3.63) is 64.7 Å². The van der Waals surface area contributed by atoms with Crippen LogP contribution in [0.3, 0.4) is 0 Å². The zero-order valence-electron chi connectivity index (χ0n) is 14.8. The van der Waals surface area contributed by atoms with Crippen molar-refractivity contribution < 1.29 is 8.42 Å². The summed E-state index contributed by atoms with van der Waals surface area (Å²) in [5.74, 6) is 0. The van der Waals surface area contributed by atoms with Crippen LogP contribution in [0.4, 0.5) is 0 Å². The van der Waals surface area contributed by atoms with E-state index in [9.17, 15) is 8.42 Å². The lowest BCUT2D eigenvalue weighted by Gasteiger charge is -2.46. The number of aryl methyl sites for hydroxylation is 2. The second kappa shape index (κ2) is 6.24. The highest BCUT2D eigenvalue weighted by Crippen LogP contribution is 2.29. The third-order valence-corrected chi connectivity index (χ3v) is 7.44. The number of nitrogens with zero attached hydrogens (tertiary/aromatic N) is 2. The Kier molecular flexibility index (Phi) is 4.18. The third kappa shape index (κ3) is 3.01. The van der Waals surface area contributed by atoms with Crippen LogP contribution in [-0.4, -0.2) is 43.3 Å². The first-order chi connectivity index (χ1) is 11.9. The van der Waals surface area contributed by atoms with Gasteiger partial charge in [0, 0.05) is 32.2 Å². The van der Waals surface area contributed by atoms with E-state index in [1.54, 1.807) is 10.4 Å². The maximum absolute atomic E-state index is 12.9. The van der Waals surface area contributed by atoms with Crippen molar-refractivity contribution in [2.45, 2.75) is 37.8 Å². The highest BCUT2D eigenvalue weighted by atomic mass is 32.2. The number of sulfonamides is 1. The maximum Gasteiger partial charge on any atom is 0.243 e. The van der Waals surface area contributed by atoms with Gasteiger partial charge in [-0.05, 0) is 48.6 Å². The summed E-state index contributed by atoms with van der Waals surface area (Å²) in [6.07, 6.45) is 1.05. The van der Waals surface area contributed by atoms with Gasteiger partial charge in [0.15, 0.2) is 0 Å². The molecule has 4 nitrogen and oxygen atoms in total. The summed E-state index contributed by atoms with van der Waals surface area (Å²) in [6.45, 7) is 6.93. The molecule has 0 aromatic heterocycles. The van der Waals surface area contributed by atoms with E-state index in [0.29, 0.717) is 24.0 Å². The van der Waals surface area contributed by atoms with Gasteiger partial charge in [-0.15, -0.1) is 0 Å². The molecule has 2 aromatic rings. The molecule has 4 rings (SSSR count). The van der Waals surface area contributed by atoms with Gasteiger partial charge in [0.25, 0.3) is 0 Å². The molecule has 2 heterocycles. The molecule has 1 saturated heterocycles. The highest BCUT2D eigenvalue weighted by molar-refractivity contribution is 7.89. The van der Waals surface area contributed by atoms with E-state index >= 15 is 0 Å². The summed E-state index contributed by atoms with van der Waals surface area (Å²) in [7, 11) is -3.38. The van der Waals surface area contributed by atoms with Gasteiger partial charge in [0.05, 0.1) is 4.90 Å². The minimum absolute atomic E-state index is 0.327. The molecule has 132 valence electrons. The van der Waals surface area contributed by atoms with E-state index in [4.69, 9.17) is 0 Å². The van der Waals surface area contributed by atoms with Crippen LogP contribution in [0.15, 0.2) is 47.4 Å². The Balaban J connectivity index is 1.46. The molecule has 2 aromatic carbocycles. The summed E-state index contributed by atoms with van der Waals surface area (Å²) in [5.41, 5.74) is 4.61. The Morgan fingerprint density at radius 2 is 1.72 bits per heavy atom.